The van der Waals surface area contributed by atoms with E-state index in [0.29, 0.717) is 0 Å². The molecule has 0 amide bonds. The molecule has 92 valence electrons. The van der Waals surface area contributed by atoms with Crippen LogP contribution in [0.1, 0.15) is 37.8 Å². The summed E-state index contributed by atoms with van der Waals surface area (Å²) in [5.74, 6) is 0. The number of nitrogens with one attached hydrogen (secondary N) is 1. The van der Waals surface area contributed by atoms with Crippen molar-refractivity contribution in [1.29, 1.82) is 0 Å². The number of benzene rings is 1. The molecule has 0 bridgehead atoms. The first-order valence-corrected chi connectivity index (χ1v) is 6.61. The molecule has 1 fully saturated rings. The van der Waals surface area contributed by atoms with Crippen LogP contribution in [0.3, 0.4) is 0 Å². The zero-order valence-electron chi connectivity index (χ0n) is 10.8. The van der Waals surface area contributed by atoms with Crippen molar-refractivity contribution in [3.63, 3.8) is 0 Å². The summed E-state index contributed by atoms with van der Waals surface area (Å²) in [6.45, 7) is 6.25. The number of hydrogen-bond donors (Lipinski definition) is 1. The standard InChI is InChI=1S/C15H21NO/c1-14(2)10-16-11-15(17-14)9-5-7-12-6-3-4-8-13(12)15/h3-4,6,8,16H,5,7,9-11H2,1-2H3. The fraction of sp³-hybridized carbons (Fsp3) is 0.600. The molecule has 0 saturated carbocycles. The van der Waals surface area contributed by atoms with Crippen molar-refractivity contribution in [2.45, 2.75) is 44.3 Å². The van der Waals surface area contributed by atoms with Gasteiger partial charge in [0, 0.05) is 13.1 Å². The third-order valence-corrected chi connectivity index (χ3v) is 3.97. The molecular formula is C15H21NO. The number of fused-ring (bicyclic) bond motifs is 2. The maximum Gasteiger partial charge on any atom is 0.107 e. The highest BCUT2D eigenvalue weighted by Gasteiger charge is 2.44. The van der Waals surface area contributed by atoms with E-state index in [-0.39, 0.29) is 11.2 Å². The molecule has 1 saturated heterocycles. The average molecular weight is 231 g/mol. The fourth-order valence-electron chi connectivity index (χ4n) is 3.34. The summed E-state index contributed by atoms with van der Waals surface area (Å²) in [5, 5.41) is 3.55. The molecule has 1 heterocycles. The zero-order chi connectivity index (χ0) is 11.9. The van der Waals surface area contributed by atoms with E-state index in [0.717, 1.165) is 19.5 Å². The van der Waals surface area contributed by atoms with Gasteiger partial charge in [0.25, 0.3) is 0 Å². The number of morpholine rings is 1. The predicted molar refractivity (Wildman–Crippen MR) is 69.1 cm³/mol. The molecule has 1 aromatic rings. The van der Waals surface area contributed by atoms with Gasteiger partial charge in [0.05, 0.1) is 5.60 Å². The highest BCUT2D eigenvalue weighted by Crippen LogP contribution is 2.42. The van der Waals surface area contributed by atoms with Gasteiger partial charge in [0.1, 0.15) is 5.60 Å². The van der Waals surface area contributed by atoms with Gasteiger partial charge >= 0.3 is 0 Å². The Morgan fingerprint density at radius 2 is 2.00 bits per heavy atom. The molecule has 2 aliphatic rings. The molecule has 1 spiro atoms. The van der Waals surface area contributed by atoms with Crippen LogP contribution in [0.15, 0.2) is 24.3 Å². The Morgan fingerprint density at radius 1 is 1.18 bits per heavy atom. The Bertz CT molecular complexity index is 427. The normalized spacial score (nSPS) is 31.2. The lowest BCUT2D eigenvalue weighted by molar-refractivity contribution is -0.174. The Morgan fingerprint density at radius 3 is 2.82 bits per heavy atom. The van der Waals surface area contributed by atoms with Gasteiger partial charge in [-0.25, -0.2) is 0 Å². The molecule has 1 atom stereocenters. The van der Waals surface area contributed by atoms with Crippen molar-refractivity contribution < 1.29 is 4.74 Å². The van der Waals surface area contributed by atoms with Crippen molar-refractivity contribution in [2.75, 3.05) is 13.1 Å². The van der Waals surface area contributed by atoms with Gasteiger partial charge in [-0.05, 0) is 44.2 Å². The second-order valence-corrected chi connectivity index (χ2v) is 5.97. The van der Waals surface area contributed by atoms with E-state index in [9.17, 15) is 0 Å². The number of rotatable bonds is 0. The number of aryl methyl sites for hydroxylation is 1. The molecule has 1 N–H and O–H groups in total. The van der Waals surface area contributed by atoms with Crippen LogP contribution in [0.5, 0.6) is 0 Å². The number of hydrogen-bond acceptors (Lipinski definition) is 2. The van der Waals surface area contributed by atoms with Crippen LogP contribution in [0.4, 0.5) is 0 Å². The molecule has 1 unspecified atom stereocenters. The van der Waals surface area contributed by atoms with Crippen LogP contribution in [-0.4, -0.2) is 18.7 Å². The highest BCUT2D eigenvalue weighted by atomic mass is 16.5. The van der Waals surface area contributed by atoms with Gasteiger partial charge in [0.2, 0.25) is 0 Å². The SMILES string of the molecule is CC1(C)CNCC2(CCCc3ccccc32)O1. The minimum Gasteiger partial charge on any atom is -0.362 e. The Hall–Kier alpha value is -0.860. The van der Waals surface area contributed by atoms with Crippen molar-refractivity contribution in [2.24, 2.45) is 0 Å². The summed E-state index contributed by atoms with van der Waals surface area (Å²) >= 11 is 0. The topological polar surface area (TPSA) is 21.3 Å². The summed E-state index contributed by atoms with van der Waals surface area (Å²) in [7, 11) is 0. The first-order chi connectivity index (χ1) is 8.11. The minimum absolute atomic E-state index is 0.0668. The predicted octanol–water partition coefficient (Wildman–Crippen LogP) is 2.62. The summed E-state index contributed by atoms with van der Waals surface area (Å²) in [5.41, 5.74) is 2.73. The van der Waals surface area contributed by atoms with E-state index in [2.05, 4.69) is 43.4 Å². The summed E-state index contributed by atoms with van der Waals surface area (Å²) in [4.78, 5) is 0. The van der Waals surface area contributed by atoms with Gasteiger partial charge in [0.15, 0.2) is 0 Å². The molecule has 1 aromatic carbocycles. The molecule has 2 nitrogen and oxygen atoms in total. The molecule has 2 heteroatoms. The molecule has 1 aliphatic carbocycles. The third kappa shape index (κ3) is 1.90. The Labute approximate surface area is 103 Å². The Kier molecular flexibility index (Phi) is 2.53. The van der Waals surface area contributed by atoms with Gasteiger partial charge < -0.3 is 10.1 Å². The largest absolute Gasteiger partial charge is 0.362 e. The van der Waals surface area contributed by atoms with Crippen molar-refractivity contribution >= 4 is 0 Å². The first-order valence-electron chi connectivity index (χ1n) is 6.61. The van der Waals surface area contributed by atoms with Crippen LogP contribution in [-0.2, 0) is 16.8 Å². The van der Waals surface area contributed by atoms with E-state index >= 15 is 0 Å². The van der Waals surface area contributed by atoms with Gasteiger partial charge in [-0.15, -0.1) is 0 Å². The lowest BCUT2D eigenvalue weighted by Crippen LogP contribution is -2.57. The van der Waals surface area contributed by atoms with Crippen LogP contribution < -0.4 is 5.32 Å². The van der Waals surface area contributed by atoms with Gasteiger partial charge in [-0.3, -0.25) is 0 Å². The number of ether oxygens (including phenoxy) is 1. The summed E-state index contributed by atoms with van der Waals surface area (Å²) in [6, 6.07) is 8.77. The first kappa shape index (κ1) is 11.2. The van der Waals surface area contributed by atoms with E-state index < -0.39 is 0 Å². The molecule has 0 radical (unpaired) electrons. The minimum atomic E-state index is -0.0867. The van der Waals surface area contributed by atoms with Crippen LogP contribution in [0.2, 0.25) is 0 Å². The van der Waals surface area contributed by atoms with Crippen LogP contribution in [0.25, 0.3) is 0 Å². The third-order valence-electron chi connectivity index (χ3n) is 3.97. The Balaban J connectivity index is 2.03. The zero-order valence-corrected chi connectivity index (χ0v) is 10.8. The monoisotopic (exact) mass is 231 g/mol. The maximum absolute atomic E-state index is 6.47. The van der Waals surface area contributed by atoms with Crippen molar-refractivity contribution in [1.82, 2.24) is 5.32 Å². The second kappa shape index (κ2) is 3.82. The molecular weight excluding hydrogens is 210 g/mol. The molecule has 17 heavy (non-hydrogen) atoms. The summed E-state index contributed by atoms with van der Waals surface area (Å²) in [6.07, 6.45) is 3.57. The molecule has 1 aliphatic heterocycles. The second-order valence-electron chi connectivity index (χ2n) is 5.97. The average Bonchev–Trinajstić information content (AvgIpc) is 2.28. The fourth-order valence-corrected chi connectivity index (χ4v) is 3.34. The van der Waals surface area contributed by atoms with E-state index in [4.69, 9.17) is 4.74 Å². The lowest BCUT2D eigenvalue weighted by Gasteiger charge is -2.48. The van der Waals surface area contributed by atoms with Crippen molar-refractivity contribution in [3.8, 4) is 0 Å². The highest BCUT2D eigenvalue weighted by molar-refractivity contribution is 5.36. The maximum atomic E-state index is 6.47. The molecule has 3 rings (SSSR count). The molecule has 0 aromatic heterocycles. The van der Waals surface area contributed by atoms with Crippen LogP contribution in [0, 0.1) is 0 Å². The summed E-state index contributed by atoms with van der Waals surface area (Å²) < 4.78 is 6.47. The lowest BCUT2D eigenvalue weighted by atomic mass is 9.77. The van der Waals surface area contributed by atoms with Crippen LogP contribution >= 0.6 is 0 Å². The van der Waals surface area contributed by atoms with Gasteiger partial charge in [-0.1, -0.05) is 24.3 Å². The smallest absolute Gasteiger partial charge is 0.107 e. The van der Waals surface area contributed by atoms with E-state index in [1.807, 2.05) is 0 Å². The van der Waals surface area contributed by atoms with E-state index in [1.165, 1.54) is 24.0 Å². The quantitative estimate of drug-likeness (QED) is 0.741. The van der Waals surface area contributed by atoms with Crippen molar-refractivity contribution in [3.05, 3.63) is 35.4 Å². The van der Waals surface area contributed by atoms with Gasteiger partial charge in [-0.2, -0.15) is 0 Å². The van der Waals surface area contributed by atoms with E-state index in [1.54, 1.807) is 0 Å².